The molecule has 8 heteroatoms. The van der Waals surface area contributed by atoms with Gasteiger partial charge < -0.3 is 19.7 Å². The minimum atomic E-state index is -0.580. The number of rotatable bonds is 8. The van der Waals surface area contributed by atoms with Crippen molar-refractivity contribution in [1.82, 2.24) is 15.1 Å². The number of halogens is 1. The summed E-state index contributed by atoms with van der Waals surface area (Å²) in [5.41, 5.74) is 1.74. The van der Waals surface area contributed by atoms with Crippen LogP contribution in [0.2, 0.25) is 0 Å². The van der Waals surface area contributed by atoms with E-state index in [9.17, 15) is 14.0 Å². The van der Waals surface area contributed by atoms with E-state index in [2.05, 4.69) is 5.32 Å². The van der Waals surface area contributed by atoms with Crippen molar-refractivity contribution in [3.63, 3.8) is 0 Å². The maximum Gasteiger partial charge on any atom is 0.237 e. The van der Waals surface area contributed by atoms with Gasteiger partial charge in [-0.15, -0.1) is 0 Å². The lowest BCUT2D eigenvalue weighted by Crippen LogP contribution is -2.56. The SMILES string of the molecule is COc1ccc(CN2CCNC(=O)[C@@H]2CC(=O)N(C)Cc2ccc(F)cc2)c(OC)c1. The van der Waals surface area contributed by atoms with Gasteiger partial charge in [0.25, 0.3) is 0 Å². The molecule has 1 saturated heterocycles. The maximum atomic E-state index is 13.1. The van der Waals surface area contributed by atoms with E-state index in [0.29, 0.717) is 37.7 Å². The number of carbonyl (C=O) groups excluding carboxylic acids is 2. The van der Waals surface area contributed by atoms with E-state index in [0.717, 1.165) is 11.1 Å². The second-order valence-electron chi connectivity index (χ2n) is 7.54. The molecule has 1 aliphatic heterocycles. The number of methoxy groups -OCH3 is 2. The molecule has 31 heavy (non-hydrogen) atoms. The molecule has 1 aliphatic rings. The Morgan fingerprint density at radius 3 is 2.61 bits per heavy atom. The van der Waals surface area contributed by atoms with Gasteiger partial charge in [-0.3, -0.25) is 14.5 Å². The quantitative estimate of drug-likeness (QED) is 0.697. The number of ether oxygens (including phenoxy) is 2. The van der Waals surface area contributed by atoms with Gasteiger partial charge in [-0.05, 0) is 23.8 Å². The average molecular weight is 429 g/mol. The van der Waals surface area contributed by atoms with Crippen LogP contribution in [0.1, 0.15) is 17.5 Å². The first-order valence-corrected chi connectivity index (χ1v) is 10.1. The Balaban J connectivity index is 1.69. The summed E-state index contributed by atoms with van der Waals surface area (Å²) in [6.07, 6.45) is 0.0575. The third kappa shape index (κ3) is 5.73. The van der Waals surface area contributed by atoms with E-state index in [1.807, 2.05) is 17.0 Å². The molecule has 7 nitrogen and oxygen atoms in total. The third-order valence-corrected chi connectivity index (χ3v) is 5.44. The topological polar surface area (TPSA) is 71.1 Å². The highest BCUT2D eigenvalue weighted by Crippen LogP contribution is 2.27. The van der Waals surface area contributed by atoms with E-state index in [1.54, 1.807) is 44.4 Å². The fraction of sp³-hybridized carbons (Fsp3) is 0.391. The lowest BCUT2D eigenvalue weighted by molar-refractivity contribution is -0.138. The number of nitrogens with one attached hydrogen (secondary N) is 1. The maximum absolute atomic E-state index is 13.1. The number of nitrogens with zero attached hydrogens (tertiary/aromatic N) is 2. The summed E-state index contributed by atoms with van der Waals surface area (Å²) in [5.74, 6) is 0.719. The molecule has 2 amide bonds. The molecule has 1 atom stereocenters. The van der Waals surface area contributed by atoms with Crippen molar-refractivity contribution >= 4 is 11.8 Å². The van der Waals surface area contributed by atoms with Crippen LogP contribution in [0.25, 0.3) is 0 Å². The highest BCUT2D eigenvalue weighted by molar-refractivity contribution is 5.88. The second kappa shape index (κ2) is 10.3. The van der Waals surface area contributed by atoms with Crippen LogP contribution in [0, 0.1) is 5.82 Å². The zero-order valence-electron chi connectivity index (χ0n) is 18.1. The molecule has 0 aliphatic carbocycles. The van der Waals surface area contributed by atoms with Crippen LogP contribution in [0.4, 0.5) is 4.39 Å². The van der Waals surface area contributed by atoms with Crippen LogP contribution in [-0.4, -0.2) is 62.0 Å². The Morgan fingerprint density at radius 2 is 1.94 bits per heavy atom. The molecular formula is C23H28FN3O4. The van der Waals surface area contributed by atoms with E-state index in [4.69, 9.17) is 9.47 Å². The molecule has 3 rings (SSSR count). The highest BCUT2D eigenvalue weighted by Gasteiger charge is 2.33. The Kier molecular flexibility index (Phi) is 7.46. The first-order valence-electron chi connectivity index (χ1n) is 10.1. The average Bonchev–Trinajstić information content (AvgIpc) is 2.77. The van der Waals surface area contributed by atoms with Crippen molar-refractivity contribution < 1.29 is 23.5 Å². The standard InChI is InChI=1S/C23H28FN3O4/c1-26(14-16-4-7-18(24)8-5-16)22(28)13-20-23(29)25-10-11-27(20)15-17-6-9-19(30-2)12-21(17)31-3/h4-9,12,20H,10-11,13-15H2,1-3H3,(H,25,29)/t20-/m0/s1. The lowest BCUT2D eigenvalue weighted by atomic mass is 10.1. The van der Waals surface area contributed by atoms with Crippen molar-refractivity contribution in [2.24, 2.45) is 0 Å². The summed E-state index contributed by atoms with van der Waals surface area (Å²) in [6, 6.07) is 11.0. The predicted octanol–water partition coefficient (Wildman–Crippen LogP) is 2.19. The molecule has 0 bridgehead atoms. The molecule has 1 N–H and O–H groups in total. The molecule has 166 valence electrons. The second-order valence-corrected chi connectivity index (χ2v) is 7.54. The predicted molar refractivity (Wildman–Crippen MR) is 114 cm³/mol. The molecule has 2 aromatic rings. The molecule has 1 heterocycles. The smallest absolute Gasteiger partial charge is 0.237 e. The van der Waals surface area contributed by atoms with Crippen molar-refractivity contribution in [1.29, 1.82) is 0 Å². The van der Waals surface area contributed by atoms with Gasteiger partial charge in [0.05, 0.1) is 26.7 Å². The van der Waals surface area contributed by atoms with Gasteiger partial charge >= 0.3 is 0 Å². The van der Waals surface area contributed by atoms with Crippen LogP contribution >= 0.6 is 0 Å². The van der Waals surface area contributed by atoms with Gasteiger partial charge in [-0.1, -0.05) is 18.2 Å². The summed E-state index contributed by atoms with van der Waals surface area (Å²) < 4.78 is 23.8. The molecule has 0 aromatic heterocycles. The molecule has 0 unspecified atom stereocenters. The summed E-state index contributed by atoms with van der Waals surface area (Å²) in [7, 11) is 4.86. The largest absolute Gasteiger partial charge is 0.497 e. The molecule has 0 radical (unpaired) electrons. The Bertz CT molecular complexity index is 920. The van der Waals surface area contributed by atoms with Gasteiger partial charge in [0.15, 0.2) is 0 Å². The van der Waals surface area contributed by atoms with Crippen LogP contribution in [0.5, 0.6) is 11.5 Å². The summed E-state index contributed by atoms with van der Waals surface area (Å²) >= 11 is 0. The van der Waals surface area contributed by atoms with Gasteiger partial charge in [-0.25, -0.2) is 4.39 Å². The molecule has 0 spiro atoms. The Morgan fingerprint density at radius 1 is 1.19 bits per heavy atom. The molecular weight excluding hydrogens is 401 g/mol. The van der Waals surface area contributed by atoms with Gasteiger partial charge in [0, 0.05) is 44.9 Å². The van der Waals surface area contributed by atoms with E-state index in [-0.39, 0.29) is 24.1 Å². The molecule has 1 fully saturated rings. The van der Waals surface area contributed by atoms with E-state index >= 15 is 0 Å². The first-order chi connectivity index (χ1) is 14.9. The first kappa shape index (κ1) is 22.6. The van der Waals surface area contributed by atoms with Gasteiger partial charge in [-0.2, -0.15) is 0 Å². The minimum Gasteiger partial charge on any atom is -0.497 e. The summed E-state index contributed by atoms with van der Waals surface area (Å²) in [4.78, 5) is 29.0. The lowest BCUT2D eigenvalue weighted by Gasteiger charge is -2.35. The fourth-order valence-corrected chi connectivity index (χ4v) is 3.65. The van der Waals surface area contributed by atoms with Gasteiger partial charge in [0.2, 0.25) is 11.8 Å². The number of hydrogen-bond donors (Lipinski definition) is 1. The molecule has 0 saturated carbocycles. The van der Waals surface area contributed by atoms with Crippen molar-refractivity contribution in [2.45, 2.75) is 25.6 Å². The van der Waals surface area contributed by atoms with Crippen molar-refractivity contribution in [2.75, 3.05) is 34.4 Å². The Labute approximate surface area is 181 Å². The van der Waals surface area contributed by atoms with Crippen molar-refractivity contribution in [3.05, 3.63) is 59.4 Å². The molecule has 2 aromatic carbocycles. The van der Waals surface area contributed by atoms with E-state index in [1.165, 1.54) is 12.1 Å². The van der Waals surface area contributed by atoms with Crippen LogP contribution in [0.15, 0.2) is 42.5 Å². The van der Waals surface area contributed by atoms with Gasteiger partial charge in [0.1, 0.15) is 17.3 Å². The zero-order valence-corrected chi connectivity index (χ0v) is 18.1. The normalized spacial score (nSPS) is 16.5. The number of benzene rings is 2. The van der Waals surface area contributed by atoms with Crippen LogP contribution < -0.4 is 14.8 Å². The van der Waals surface area contributed by atoms with E-state index < -0.39 is 6.04 Å². The number of hydrogen-bond acceptors (Lipinski definition) is 5. The third-order valence-electron chi connectivity index (χ3n) is 5.44. The summed E-state index contributed by atoms with van der Waals surface area (Å²) in [6.45, 7) is 1.97. The van der Waals surface area contributed by atoms with Crippen LogP contribution in [0.3, 0.4) is 0 Å². The summed E-state index contributed by atoms with van der Waals surface area (Å²) in [5, 5.41) is 2.85. The number of amides is 2. The highest BCUT2D eigenvalue weighted by atomic mass is 19.1. The Hall–Kier alpha value is -3.13. The number of carbonyl (C=O) groups is 2. The number of piperazine rings is 1. The zero-order chi connectivity index (χ0) is 22.4. The monoisotopic (exact) mass is 429 g/mol. The van der Waals surface area contributed by atoms with Crippen molar-refractivity contribution in [3.8, 4) is 11.5 Å². The van der Waals surface area contributed by atoms with Crippen LogP contribution in [-0.2, 0) is 22.7 Å². The fourth-order valence-electron chi connectivity index (χ4n) is 3.65. The minimum absolute atomic E-state index is 0.0575.